The number of hydrogen-bond acceptors (Lipinski definition) is 4. The number of carbonyl (C=O) groups is 2. The minimum absolute atomic E-state index is 0.0175. The predicted octanol–water partition coefficient (Wildman–Crippen LogP) is 7.03. The molecule has 0 spiro atoms. The largest absolute Gasteiger partial charge is 0.465 e. The third-order valence-electron chi connectivity index (χ3n) is 6.41. The number of aromatic nitrogens is 2. The third-order valence-corrected chi connectivity index (χ3v) is 6.41. The van der Waals surface area contributed by atoms with E-state index in [9.17, 15) is 37.1 Å². The normalized spacial score (nSPS) is 12.6. The van der Waals surface area contributed by atoms with Crippen molar-refractivity contribution in [3.05, 3.63) is 94.3 Å². The van der Waals surface area contributed by atoms with Crippen molar-refractivity contribution in [1.29, 1.82) is 0 Å². The second-order valence-electron chi connectivity index (χ2n) is 10.4. The van der Waals surface area contributed by atoms with E-state index in [1.165, 1.54) is 55.5 Å². The average molecular weight is 586 g/mol. The van der Waals surface area contributed by atoms with Gasteiger partial charge in [-0.1, -0.05) is 24.3 Å². The summed E-state index contributed by atoms with van der Waals surface area (Å²) < 4.78 is 55.9. The second-order valence-corrected chi connectivity index (χ2v) is 10.4. The first kappa shape index (κ1) is 30.0. The maximum atomic E-state index is 14.8. The molecule has 3 N–H and O–H groups in total. The number of benzene rings is 3. The summed E-state index contributed by atoms with van der Waals surface area (Å²) in [4.78, 5) is 44.2. The Bertz CT molecular complexity index is 1730. The van der Waals surface area contributed by atoms with Gasteiger partial charge in [-0.05, 0) is 70.2 Å². The number of anilines is 2. The molecule has 0 saturated heterocycles. The van der Waals surface area contributed by atoms with E-state index in [0.29, 0.717) is 0 Å². The number of alkyl halides is 3. The maximum Gasteiger partial charge on any atom is 0.418 e. The van der Waals surface area contributed by atoms with Gasteiger partial charge in [-0.2, -0.15) is 13.2 Å². The molecule has 0 bridgehead atoms. The van der Waals surface area contributed by atoms with E-state index in [1.807, 2.05) is 0 Å². The van der Waals surface area contributed by atoms with Crippen molar-refractivity contribution in [2.75, 3.05) is 10.6 Å². The van der Waals surface area contributed by atoms with Crippen molar-refractivity contribution in [2.45, 2.75) is 45.5 Å². The molecule has 9 nitrogen and oxygen atoms in total. The topological polar surface area (TPSA) is 117 Å². The van der Waals surface area contributed by atoms with Crippen molar-refractivity contribution in [1.82, 2.24) is 14.5 Å². The average Bonchev–Trinajstić information content (AvgIpc) is 2.87. The zero-order chi connectivity index (χ0) is 31.0. The van der Waals surface area contributed by atoms with E-state index < -0.39 is 52.5 Å². The zero-order valence-corrected chi connectivity index (χ0v) is 23.0. The van der Waals surface area contributed by atoms with Gasteiger partial charge < -0.3 is 15.7 Å². The van der Waals surface area contributed by atoms with Gasteiger partial charge in [-0.25, -0.2) is 19.0 Å². The minimum Gasteiger partial charge on any atom is -0.465 e. The highest BCUT2D eigenvalue weighted by Crippen LogP contribution is 2.35. The number of carboxylic acid groups (broad SMARTS) is 1. The van der Waals surface area contributed by atoms with Gasteiger partial charge in [0, 0.05) is 11.2 Å². The van der Waals surface area contributed by atoms with Crippen LogP contribution in [0.4, 0.5) is 38.5 Å². The molecule has 0 saturated carbocycles. The third kappa shape index (κ3) is 6.04. The summed E-state index contributed by atoms with van der Waals surface area (Å²) in [6.45, 7) is 6.54. The van der Waals surface area contributed by atoms with Crippen LogP contribution >= 0.6 is 0 Å². The van der Waals surface area contributed by atoms with Crippen molar-refractivity contribution in [2.24, 2.45) is 0 Å². The van der Waals surface area contributed by atoms with E-state index in [-0.39, 0.29) is 28.1 Å². The quantitative estimate of drug-likeness (QED) is 0.218. The molecule has 4 rings (SSSR count). The Kier molecular flexibility index (Phi) is 7.97. The van der Waals surface area contributed by atoms with Crippen LogP contribution in [0.2, 0.25) is 0 Å². The van der Waals surface area contributed by atoms with Gasteiger partial charge in [-0.15, -0.1) is 0 Å². The molecular formula is C29H27F4N5O4. The van der Waals surface area contributed by atoms with Crippen LogP contribution < -0.4 is 16.2 Å². The summed E-state index contributed by atoms with van der Waals surface area (Å²) in [6, 6.07) is 12.1. The van der Waals surface area contributed by atoms with Crippen LogP contribution in [-0.2, 0) is 6.18 Å². The van der Waals surface area contributed by atoms with Crippen LogP contribution in [0.25, 0.3) is 16.6 Å². The zero-order valence-electron chi connectivity index (χ0n) is 23.0. The summed E-state index contributed by atoms with van der Waals surface area (Å²) in [5, 5.41) is 14.3. The molecule has 42 heavy (non-hydrogen) atoms. The van der Waals surface area contributed by atoms with Gasteiger partial charge in [0.05, 0.1) is 28.5 Å². The standard InChI is InChI=1S/C29H27F4N5O4/c1-16(38(27(41)42)28(2,3)4)24-35-22-14-8-12-20(30)23(22)25(39)37(24)18-10-7-9-17(15-18)34-26(40)36-21-13-6-5-11-19(21)29(31,32)33/h5-16H,1-4H3,(H,41,42)(H2,34,36,40). The number of halogens is 4. The Hall–Kier alpha value is -4.94. The van der Waals surface area contributed by atoms with Gasteiger partial charge in [0.25, 0.3) is 5.56 Å². The first-order valence-corrected chi connectivity index (χ1v) is 12.7. The Morgan fingerprint density at radius 1 is 0.976 bits per heavy atom. The number of carbonyl (C=O) groups excluding carboxylic acids is 1. The summed E-state index contributed by atoms with van der Waals surface area (Å²) in [7, 11) is 0. The van der Waals surface area contributed by atoms with Crippen LogP contribution in [0.5, 0.6) is 0 Å². The van der Waals surface area contributed by atoms with Crippen molar-refractivity contribution < 1.29 is 32.3 Å². The van der Waals surface area contributed by atoms with Crippen LogP contribution in [0.3, 0.4) is 0 Å². The lowest BCUT2D eigenvalue weighted by Gasteiger charge is -2.38. The molecule has 0 aliphatic carbocycles. The number of amides is 3. The van der Waals surface area contributed by atoms with Crippen molar-refractivity contribution in [3.63, 3.8) is 0 Å². The maximum absolute atomic E-state index is 14.8. The summed E-state index contributed by atoms with van der Waals surface area (Å²) in [5.74, 6) is -0.850. The molecule has 3 amide bonds. The summed E-state index contributed by atoms with van der Waals surface area (Å²) in [5.41, 5.74) is -3.03. The van der Waals surface area contributed by atoms with E-state index in [1.54, 1.807) is 20.8 Å². The lowest BCUT2D eigenvalue weighted by Crippen LogP contribution is -2.47. The summed E-state index contributed by atoms with van der Waals surface area (Å²) in [6.07, 6.45) is -5.98. The second kappa shape index (κ2) is 11.1. The molecule has 1 unspecified atom stereocenters. The number of nitrogens with one attached hydrogen (secondary N) is 2. The SMILES string of the molecule is CC(c1nc2cccc(F)c2c(=O)n1-c1cccc(NC(=O)Nc2ccccc2C(F)(F)F)c1)N(C(=O)O)C(C)(C)C. The Labute approximate surface area is 237 Å². The van der Waals surface area contributed by atoms with Crippen molar-refractivity contribution in [3.8, 4) is 5.69 Å². The fraction of sp³-hybridized carbons (Fsp3) is 0.241. The lowest BCUT2D eigenvalue weighted by molar-refractivity contribution is -0.136. The Morgan fingerprint density at radius 2 is 1.64 bits per heavy atom. The van der Waals surface area contributed by atoms with E-state index in [2.05, 4.69) is 15.6 Å². The highest BCUT2D eigenvalue weighted by Gasteiger charge is 2.35. The predicted molar refractivity (Wildman–Crippen MR) is 149 cm³/mol. The summed E-state index contributed by atoms with van der Waals surface area (Å²) >= 11 is 0. The molecule has 220 valence electrons. The fourth-order valence-corrected chi connectivity index (χ4v) is 4.73. The van der Waals surface area contributed by atoms with Gasteiger partial charge in [0.2, 0.25) is 0 Å². The van der Waals surface area contributed by atoms with Crippen LogP contribution in [0.1, 0.15) is 45.1 Å². The first-order chi connectivity index (χ1) is 19.6. The monoisotopic (exact) mass is 585 g/mol. The molecule has 1 heterocycles. The highest BCUT2D eigenvalue weighted by molar-refractivity contribution is 6.00. The number of para-hydroxylation sites is 1. The number of hydrogen-bond donors (Lipinski definition) is 3. The molecule has 0 fully saturated rings. The lowest BCUT2D eigenvalue weighted by atomic mass is 10.0. The van der Waals surface area contributed by atoms with Crippen LogP contribution in [-0.4, -0.2) is 37.2 Å². The number of urea groups is 1. The van der Waals surface area contributed by atoms with Gasteiger partial charge >= 0.3 is 18.3 Å². The Morgan fingerprint density at radius 3 is 2.29 bits per heavy atom. The number of nitrogens with zero attached hydrogens (tertiary/aromatic N) is 3. The molecule has 4 aromatic rings. The van der Waals surface area contributed by atoms with E-state index in [4.69, 9.17) is 0 Å². The molecule has 13 heteroatoms. The van der Waals surface area contributed by atoms with Crippen molar-refractivity contribution >= 4 is 34.4 Å². The molecule has 1 aromatic heterocycles. The van der Waals surface area contributed by atoms with Gasteiger partial charge in [0.1, 0.15) is 17.0 Å². The van der Waals surface area contributed by atoms with E-state index in [0.717, 1.165) is 27.7 Å². The minimum atomic E-state index is -4.70. The highest BCUT2D eigenvalue weighted by atomic mass is 19.4. The fourth-order valence-electron chi connectivity index (χ4n) is 4.73. The molecule has 0 radical (unpaired) electrons. The van der Waals surface area contributed by atoms with E-state index >= 15 is 0 Å². The molecule has 1 atom stereocenters. The molecular weight excluding hydrogens is 558 g/mol. The van der Waals surface area contributed by atoms with Gasteiger partial charge in [-0.3, -0.25) is 14.3 Å². The van der Waals surface area contributed by atoms with Crippen LogP contribution in [0, 0.1) is 5.82 Å². The molecule has 0 aliphatic rings. The molecule has 0 aliphatic heterocycles. The number of rotatable bonds is 5. The molecule has 3 aromatic carbocycles. The first-order valence-electron chi connectivity index (χ1n) is 12.7. The Balaban J connectivity index is 1.80. The smallest absolute Gasteiger partial charge is 0.418 e. The van der Waals surface area contributed by atoms with Gasteiger partial charge in [0.15, 0.2) is 0 Å². The number of fused-ring (bicyclic) bond motifs is 1. The van der Waals surface area contributed by atoms with Crippen LogP contribution in [0.15, 0.2) is 71.5 Å².